The molecule has 0 aliphatic heterocycles. The van der Waals surface area contributed by atoms with Gasteiger partial charge in [0.05, 0.1) is 0 Å². The fraction of sp³-hybridized carbons (Fsp3) is 0.712. The van der Waals surface area contributed by atoms with Crippen LogP contribution in [-0.4, -0.2) is 37.2 Å². The molecule has 0 N–H and O–H groups in total. The third kappa shape index (κ3) is 64.8. The van der Waals surface area contributed by atoms with Crippen molar-refractivity contribution in [2.45, 2.75) is 322 Å². The summed E-state index contributed by atoms with van der Waals surface area (Å²) >= 11 is 0. The molecule has 1 unspecified atom stereocenters. The Bertz CT molecular complexity index is 1590. The number of esters is 3. The van der Waals surface area contributed by atoms with Crippen LogP contribution in [0.1, 0.15) is 316 Å². The zero-order valence-electron chi connectivity index (χ0n) is 51.9. The van der Waals surface area contributed by atoms with Crippen molar-refractivity contribution in [3.8, 4) is 0 Å². The van der Waals surface area contributed by atoms with Crippen LogP contribution >= 0.6 is 0 Å². The Hall–Kier alpha value is -3.93. The first-order valence-electron chi connectivity index (χ1n) is 33.4. The molecule has 0 heterocycles. The van der Waals surface area contributed by atoms with E-state index >= 15 is 0 Å². The van der Waals surface area contributed by atoms with E-state index in [9.17, 15) is 14.4 Å². The van der Waals surface area contributed by atoms with Gasteiger partial charge in [-0.1, -0.05) is 297 Å². The van der Waals surface area contributed by atoms with Gasteiger partial charge >= 0.3 is 17.9 Å². The maximum atomic E-state index is 12.9. The first-order chi connectivity index (χ1) is 39.0. The molecule has 0 aliphatic rings. The molecule has 0 bridgehead atoms. The molecule has 0 aromatic rings. The van der Waals surface area contributed by atoms with E-state index in [1.807, 2.05) is 0 Å². The lowest BCUT2D eigenvalue weighted by molar-refractivity contribution is -0.167. The predicted molar refractivity (Wildman–Crippen MR) is 343 cm³/mol. The van der Waals surface area contributed by atoms with Crippen LogP contribution in [0.3, 0.4) is 0 Å². The summed E-state index contributed by atoms with van der Waals surface area (Å²) in [6, 6.07) is 0. The van der Waals surface area contributed by atoms with Gasteiger partial charge in [0.15, 0.2) is 6.10 Å². The Morgan fingerprint density at radius 3 is 0.785 bits per heavy atom. The van der Waals surface area contributed by atoms with Gasteiger partial charge in [-0.25, -0.2) is 0 Å². The lowest BCUT2D eigenvalue weighted by atomic mass is 10.0. The summed E-state index contributed by atoms with van der Waals surface area (Å²) in [6.07, 6.45) is 91.0. The van der Waals surface area contributed by atoms with Crippen molar-refractivity contribution in [3.05, 3.63) is 109 Å². The highest BCUT2D eigenvalue weighted by atomic mass is 16.6. The number of carbonyl (C=O) groups is 3. The highest BCUT2D eigenvalue weighted by molar-refractivity contribution is 5.71. The van der Waals surface area contributed by atoms with Crippen molar-refractivity contribution in [2.24, 2.45) is 0 Å². The fourth-order valence-corrected chi connectivity index (χ4v) is 9.28. The van der Waals surface area contributed by atoms with Gasteiger partial charge in [0.25, 0.3) is 0 Å². The molecule has 6 nitrogen and oxygen atoms in total. The van der Waals surface area contributed by atoms with Gasteiger partial charge in [-0.15, -0.1) is 0 Å². The monoisotopic (exact) mass is 1100 g/mol. The van der Waals surface area contributed by atoms with E-state index in [0.29, 0.717) is 19.3 Å². The Kier molecular flexibility index (Phi) is 63.3. The van der Waals surface area contributed by atoms with Crippen molar-refractivity contribution in [1.29, 1.82) is 0 Å². The summed E-state index contributed by atoms with van der Waals surface area (Å²) in [5.41, 5.74) is 0. The Morgan fingerprint density at radius 1 is 0.266 bits per heavy atom. The number of hydrogen-bond donors (Lipinski definition) is 0. The molecule has 0 radical (unpaired) electrons. The molecular weight excluding hydrogens is 973 g/mol. The molecule has 0 aromatic carbocycles. The summed E-state index contributed by atoms with van der Waals surface area (Å²) in [5.74, 6) is -0.889. The molecule has 0 aliphatic carbocycles. The van der Waals surface area contributed by atoms with E-state index in [2.05, 4.69) is 130 Å². The zero-order chi connectivity index (χ0) is 57.1. The SMILES string of the molecule is CC/C=C\C/C=C\C/C=C\C/C=C\C/C=C\C/C=C\C/C=C\CCCCCCCCCCCCCC(=O)OCC(COC(=O)CCCCCCCCCCCCCC)OC(=O)CCCCCCC/C=C\C/C=C\CCCCCC. The van der Waals surface area contributed by atoms with Crippen LogP contribution in [0.5, 0.6) is 0 Å². The highest BCUT2D eigenvalue weighted by Crippen LogP contribution is 2.16. The van der Waals surface area contributed by atoms with Crippen molar-refractivity contribution in [1.82, 2.24) is 0 Å². The summed E-state index contributed by atoms with van der Waals surface area (Å²) in [5, 5.41) is 0. The highest BCUT2D eigenvalue weighted by Gasteiger charge is 2.19. The van der Waals surface area contributed by atoms with E-state index in [4.69, 9.17) is 14.2 Å². The lowest BCUT2D eigenvalue weighted by Crippen LogP contribution is -2.30. The normalized spacial score (nSPS) is 12.8. The van der Waals surface area contributed by atoms with Gasteiger partial charge < -0.3 is 14.2 Å². The summed E-state index contributed by atoms with van der Waals surface area (Å²) < 4.78 is 16.9. The maximum absolute atomic E-state index is 12.9. The molecule has 0 aromatic heterocycles. The average molecular weight is 1100 g/mol. The number of hydrogen-bond acceptors (Lipinski definition) is 6. The van der Waals surface area contributed by atoms with Crippen LogP contribution in [0.15, 0.2) is 109 Å². The van der Waals surface area contributed by atoms with Crippen molar-refractivity contribution in [2.75, 3.05) is 13.2 Å². The lowest BCUT2D eigenvalue weighted by Gasteiger charge is -2.18. The molecular formula is C73H124O6. The molecule has 6 heteroatoms. The number of ether oxygens (including phenoxy) is 3. The van der Waals surface area contributed by atoms with E-state index in [1.54, 1.807) is 0 Å². The van der Waals surface area contributed by atoms with Crippen LogP contribution in [-0.2, 0) is 28.6 Å². The average Bonchev–Trinajstić information content (AvgIpc) is 3.45. The molecule has 0 fully saturated rings. The minimum atomic E-state index is -0.786. The van der Waals surface area contributed by atoms with Gasteiger partial charge in [-0.05, 0) is 109 Å². The summed E-state index contributed by atoms with van der Waals surface area (Å²) in [6.45, 7) is 6.51. The van der Waals surface area contributed by atoms with Crippen LogP contribution in [0.4, 0.5) is 0 Å². The van der Waals surface area contributed by atoms with Gasteiger partial charge in [0.1, 0.15) is 13.2 Å². The van der Waals surface area contributed by atoms with Crippen LogP contribution in [0.25, 0.3) is 0 Å². The number of carbonyl (C=O) groups excluding carboxylic acids is 3. The summed E-state index contributed by atoms with van der Waals surface area (Å²) in [4.78, 5) is 38.3. The van der Waals surface area contributed by atoms with Gasteiger partial charge in [0.2, 0.25) is 0 Å². The second-order valence-corrected chi connectivity index (χ2v) is 22.0. The first kappa shape index (κ1) is 75.1. The Morgan fingerprint density at radius 2 is 0.494 bits per heavy atom. The minimum absolute atomic E-state index is 0.0813. The zero-order valence-corrected chi connectivity index (χ0v) is 51.9. The van der Waals surface area contributed by atoms with Crippen LogP contribution in [0.2, 0.25) is 0 Å². The molecule has 452 valence electrons. The second-order valence-electron chi connectivity index (χ2n) is 22.0. The Labute approximate surface area is 489 Å². The maximum Gasteiger partial charge on any atom is 0.306 e. The third-order valence-corrected chi connectivity index (χ3v) is 14.3. The molecule has 0 saturated heterocycles. The Balaban J connectivity index is 4.22. The van der Waals surface area contributed by atoms with E-state index in [0.717, 1.165) is 128 Å². The fourth-order valence-electron chi connectivity index (χ4n) is 9.28. The smallest absolute Gasteiger partial charge is 0.306 e. The molecule has 0 spiro atoms. The largest absolute Gasteiger partial charge is 0.462 e. The van der Waals surface area contributed by atoms with E-state index < -0.39 is 6.10 Å². The molecule has 1 atom stereocenters. The van der Waals surface area contributed by atoms with Crippen LogP contribution in [0, 0.1) is 0 Å². The minimum Gasteiger partial charge on any atom is -0.462 e. The van der Waals surface area contributed by atoms with Crippen LogP contribution < -0.4 is 0 Å². The van der Waals surface area contributed by atoms with Gasteiger partial charge in [0, 0.05) is 19.3 Å². The molecule has 0 amide bonds. The number of allylic oxidation sites excluding steroid dienone is 18. The number of rotatable bonds is 60. The quantitative estimate of drug-likeness (QED) is 0.0261. The number of unbranched alkanes of at least 4 members (excludes halogenated alkanes) is 31. The first-order valence-corrected chi connectivity index (χ1v) is 33.4. The molecule has 0 saturated carbocycles. The van der Waals surface area contributed by atoms with E-state index in [-0.39, 0.29) is 31.1 Å². The van der Waals surface area contributed by atoms with Gasteiger partial charge in [-0.2, -0.15) is 0 Å². The van der Waals surface area contributed by atoms with E-state index in [1.165, 1.54) is 148 Å². The summed E-state index contributed by atoms with van der Waals surface area (Å²) in [7, 11) is 0. The van der Waals surface area contributed by atoms with Crippen molar-refractivity contribution in [3.63, 3.8) is 0 Å². The predicted octanol–water partition coefficient (Wildman–Crippen LogP) is 23.0. The van der Waals surface area contributed by atoms with Crippen molar-refractivity contribution >= 4 is 17.9 Å². The third-order valence-electron chi connectivity index (χ3n) is 14.3. The topological polar surface area (TPSA) is 78.9 Å². The standard InChI is InChI=1S/C73H124O6/c1-4-7-10-13-16-19-22-25-27-29-30-31-32-33-34-35-36-37-38-39-40-41-42-43-44-45-47-48-51-54-57-60-63-66-72(75)78-69-70(68-77-71(74)65-62-59-56-53-50-24-21-18-15-12-9-6-3)79-73(76)67-64-61-58-55-52-49-46-28-26-23-20-17-14-11-8-5-2/h7,10,16,19-20,23,25,27-28,30-31,33-34,36-37,39-40,46,70H,4-6,8-9,11-15,17-18,21-22,24,26,29,32,35,38,41-45,47-69H2,1-3H3/b10-7-,19-16-,23-20-,27-25-,31-30-,34-33-,37-36-,40-39-,46-28-. The van der Waals surface area contributed by atoms with Crippen molar-refractivity contribution < 1.29 is 28.6 Å². The van der Waals surface area contributed by atoms with Gasteiger partial charge in [-0.3, -0.25) is 14.4 Å². The second kappa shape index (κ2) is 66.6. The molecule has 0 rings (SSSR count). The molecule has 79 heavy (non-hydrogen) atoms.